The minimum absolute atomic E-state index is 0.113. The van der Waals surface area contributed by atoms with Crippen molar-refractivity contribution in [1.82, 2.24) is 5.32 Å². The third kappa shape index (κ3) is 2.51. The average Bonchev–Trinajstić information content (AvgIpc) is 3.25. The van der Waals surface area contributed by atoms with Gasteiger partial charge in [-0.3, -0.25) is 4.79 Å². The van der Waals surface area contributed by atoms with Gasteiger partial charge in [-0.05, 0) is 38.8 Å². The van der Waals surface area contributed by atoms with Gasteiger partial charge in [-0.2, -0.15) is 5.26 Å². The van der Waals surface area contributed by atoms with Crippen LogP contribution in [0.3, 0.4) is 0 Å². The highest BCUT2D eigenvalue weighted by Crippen LogP contribution is 2.41. The Morgan fingerprint density at radius 2 is 2.05 bits per heavy atom. The molecule has 1 aromatic rings. The summed E-state index contributed by atoms with van der Waals surface area (Å²) in [6.45, 7) is 1.96. The molecule has 0 aromatic carbocycles. The number of rotatable bonds is 4. The number of carbonyl (C=O) groups excluding carboxylic acids is 1. The lowest BCUT2D eigenvalue weighted by Gasteiger charge is -2.24. The summed E-state index contributed by atoms with van der Waals surface area (Å²) >= 11 is 1.35. The van der Waals surface area contributed by atoms with E-state index in [9.17, 15) is 10.1 Å². The summed E-state index contributed by atoms with van der Waals surface area (Å²) in [6.07, 6.45) is 3.95. The largest absolute Gasteiger partial charge is 0.396 e. The van der Waals surface area contributed by atoms with Gasteiger partial charge in [-0.1, -0.05) is 0 Å². The van der Waals surface area contributed by atoms with Crippen LogP contribution < -0.4 is 16.4 Å². The van der Waals surface area contributed by atoms with Crippen molar-refractivity contribution in [3.63, 3.8) is 0 Å². The summed E-state index contributed by atoms with van der Waals surface area (Å²) in [5.41, 5.74) is 6.81. The summed E-state index contributed by atoms with van der Waals surface area (Å²) in [5.74, 6) is 0.247. The Morgan fingerprint density at radius 1 is 1.35 bits per heavy atom. The van der Waals surface area contributed by atoms with Crippen LogP contribution >= 0.6 is 11.3 Å². The highest BCUT2D eigenvalue weighted by Gasteiger charge is 2.34. The standard InChI is InChI=1S/C14H18N4OS/c15-7-10-11(16)13(12(19)8-1-2-8)20-14(10)18-9-3-5-17-6-4-9/h8-9,17-18H,1-6,16H2. The first-order chi connectivity index (χ1) is 9.70. The molecule has 4 N–H and O–H groups in total. The molecule has 20 heavy (non-hydrogen) atoms. The number of hydrogen-bond acceptors (Lipinski definition) is 6. The van der Waals surface area contributed by atoms with Gasteiger partial charge in [-0.15, -0.1) is 11.3 Å². The fourth-order valence-electron chi connectivity index (χ4n) is 2.52. The van der Waals surface area contributed by atoms with Gasteiger partial charge in [0.05, 0.1) is 10.6 Å². The van der Waals surface area contributed by atoms with Gasteiger partial charge >= 0.3 is 0 Å². The summed E-state index contributed by atoms with van der Waals surface area (Å²) in [7, 11) is 0. The van der Waals surface area contributed by atoms with Crippen molar-refractivity contribution in [2.75, 3.05) is 24.1 Å². The Morgan fingerprint density at radius 3 is 2.65 bits per heavy atom. The van der Waals surface area contributed by atoms with E-state index >= 15 is 0 Å². The molecule has 2 heterocycles. The number of nitrogen functional groups attached to an aromatic ring is 1. The second-order valence-corrected chi connectivity index (χ2v) is 6.49. The second-order valence-electron chi connectivity index (χ2n) is 5.47. The van der Waals surface area contributed by atoms with E-state index in [2.05, 4.69) is 16.7 Å². The minimum Gasteiger partial charge on any atom is -0.396 e. The highest BCUT2D eigenvalue weighted by atomic mass is 32.1. The zero-order chi connectivity index (χ0) is 14.1. The Balaban J connectivity index is 1.84. The number of hydrogen-bond donors (Lipinski definition) is 3. The lowest BCUT2D eigenvalue weighted by Crippen LogP contribution is -2.35. The highest BCUT2D eigenvalue weighted by molar-refractivity contribution is 7.19. The van der Waals surface area contributed by atoms with Crippen LogP contribution in [0, 0.1) is 17.2 Å². The molecule has 0 unspecified atom stereocenters. The van der Waals surface area contributed by atoms with Crippen LogP contribution in [-0.2, 0) is 0 Å². The number of nitrogens with one attached hydrogen (secondary N) is 2. The predicted molar refractivity (Wildman–Crippen MR) is 80.0 cm³/mol. The lowest BCUT2D eigenvalue weighted by atomic mass is 10.1. The number of thiophene rings is 1. The number of piperidine rings is 1. The van der Waals surface area contributed by atoms with Crippen LogP contribution in [0.2, 0.25) is 0 Å². The number of ketones is 1. The van der Waals surface area contributed by atoms with Crippen LogP contribution in [-0.4, -0.2) is 24.9 Å². The number of Topliss-reactive ketones (excluding diaryl/α,β-unsaturated/α-hetero) is 1. The fraction of sp³-hybridized carbons (Fsp3) is 0.571. The topological polar surface area (TPSA) is 90.9 Å². The number of anilines is 2. The molecule has 0 amide bonds. The quantitative estimate of drug-likeness (QED) is 0.737. The van der Waals surface area contributed by atoms with Crippen molar-refractivity contribution in [1.29, 1.82) is 5.26 Å². The Kier molecular flexibility index (Phi) is 3.64. The van der Waals surface area contributed by atoms with Crippen LogP contribution in [0.5, 0.6) is 0 Å². The van der Waals surface area contributed by atoms with Gasteiger partial charge in [-0.25, -0.2) is 0 Å². The molecule has 1 aliphatic carbocycles. The summed E-state index contributed by atoms with van der Waals surface area (Å²) in [5, 5.41) is 16.8. The molecule has 0 atom stereocenters. The van der Waals surface area contributed by atoms with E-state index in [-0.39, 0.29) is 11.7 Å². The van der Waals surface area contributed by atoms with Gasteiger partial charge in [0, 0.05) is 12.0 Å². The Bertz CT molecular complexity index is 564. The lowest BCUT2D eigenvalue weighted by molar-refractivity contribution is 0.0972. The smallest absolute Gasteiger partial charge is 0.178 e. The molecule has 1 saturated heterocycles. The molecule has 0 spiro atoms. The Labute approximate surface area is 122 Å². The maximum atomic E-state index is 12.2. The van der Waals surface area contributed by atoms with Crippen LogP contribution in [0.4, 0.5) is 10.7 Å². The molecule has 106 valence electrons. The van der Waals surface area contributed by atoms with Crippen LogP contribution in [0.25, 0.3) is 0 Å². The van der Waals surface area contributed by atoms with Crippen LogP contribution in [0.1, 0.15) is 40.9 Å². The van der Waals surface area contributed by atoms with E-state index in [1.165, 1.54) is 11.3 Å². The molecule has 1 aliphatic heterocycles. The van der Waals surface area contributed by atoms with Crippen molar-refractivity contribution < 1.29 is 4.79 Å². The maximum Gasteiger partial charge on any atom is 0.178 e. The van der Waals surface area contributed by atoms with E-state index in [0.717, 1.165) is 43.8 Å². The molecular formula is C14H18N4OS. The van der Waals surface area contributed by atoms with Gasteiger partial charge in [0.1, 0.15) is 16.6 Å². The van der Waals surface area contributed by atoms with Crippen molar-refractivity contribution in [3.05, 3.63) is 10.4 Å². The molecule has 2 aliphatic rings. The van der Waals surface area contributed by atoms with Crippen molar-refractivity contribution >= 4 is 27.8 Å². The van der Waals surface area contributed by atoms with Gasteiger partial charge in [0.25, 0.3) is 0 Å². The molecule has 6 heteroatoms. The first-order valence-electron chi connectivity index (χ1n) is 7.04. The number of carbonyl (C=O) groups is 1. The maximum absolute atomic E-state index is 12.2. The zero-order valence-corrected chi connectivity index (χ0v) is 12.1. The number of nitrogens with two attached hydrogens (primary N) is 1. The first kappa shape index (κ1) is 13.4. The van der Waals surface area contributed by atoms with E-state index in [4.69, 9.17) is 5.73 Å². The SMILES string of the molecule is N#Cc1c(NC2CCNCC2)sc(C(=O)C2CC2)c1N. The van der Waals surface area contributed by atoms with Crippen molar-refractivity contribution in [2.45, 2.75) is 31.7 Å². The molecule has 5 nitrogen and oxygen atoms in total. The Hall–Kier alpha value is -1.58. The van der Waals surface area contributed by atoms with Crippen molar-refractivity contribution in [2.24, 2.45) is 5.92 Å². The third-order valence-corrected chi connectivity index (χ3v) is 5.05. The van der Waals surface area contributed by atoms with Crippen LogP contribution in [0.15, 0.2) is 0 Å². The average molecular weight is 290 g/mol. The molecule has 1 saturated carbocycles. The normalized spacial score (nSPS) is 19.6. The predicted octanol–water partition coefficient (Wildman–Crippen LogP) is 1.96. The van der Waals surface area contributed by atoms with E-state index in [1.54, 1.807) is 0 Å². The molecule has 0 bridgehead atoms. The molecule has 3 rings (SSSR count). The number of nitrogens with zero attached hydrogens (tertiary/aromatic N) is 1. The fourth-order valence-corrected chi connectivity index (χ4v) is 3.69. The molecular weight excluding hydrogens is 272 g/mol. The van der Waals surface area contributed by atoms with Gasteiger partial charge < -0.3 is 16.4 Å². The first-order valence-corrected chi connectivity index (χ1v) is 7.86. The summed E-state index contributed by atoms with van der Waals surface area (Å²) in [6, 6.07) is 2.50. The van der Waals surface area contributed by atoms with Gasteiger partial charge in [0.2, 0.25) is 0 Å². The monoisotopic (exact) mass is 290 g/mol. The molecule has 1 aromatic heterocycles. The minimum atomic E-state index is 0.113. The third-order valence-electron chi connectivity index (χ3n) is 3.90. The second kappa shape index (κ2) is 5.43. The number of nitriles is 1. The molecule has 2 fully saturated rings. The van der Waals surface area contributed by atoms with E-state index < -0.39 is 0 Å². The summed E-state index contributed by atoms with van der Waals surface area (Å²) < 4.78 is 0. The van der Waals surface area contributed by atoms with E-state index in [0.29, 0.717) is 22.2 Å². The summed E-state index contributed by atoms with van der Waals surface area (Å²) in [4.78, 5) is 12.8. The molecule has 0 radical (unpaired) electrons. The van der Waals surface area contributed by atoms with Gasteiger partial charge in [0.15, 0.2) is 5.78 Å². The van der Waals surface area contributed by atoms with Crippen molar-refractivity contribution in [3.8, 4) is 6.07 Å². The zero-order valence-electron chi connectivity index (χ0n) is 11.2. The van der Waals surface area contributed by atoms with E-state index in [1.807, 2.05) is 0 Å².